The second kappa shape index (κ2) is 11.2. The van der Waals surface area contributed by atoms with Gasteiger partial charge in [0.2, 0.25) is 11.9 Å². The molecule has 2 aliphatic heterocycles. The second-order valence-corrected chi connectivity index (χ2v) is 9.75. The molecule has 0 aliphatic carbocycles. The molecule has 3 aromatic rings. The Balaban J connectivity index is 1.41. The highest BCUT2D eigenvalue weighted by atomic mass is 35.5. The number of nitrogens with zero attached hydrogens (tertiary/aromatic N) is 6. The normalized spacial score (nSPS) is 19.1. The zero-order chi connectivity index (χ0) is 24.9. The van der Waals surface area contributed by atoms with Gasteiger partial charge in [0.05, 0.1) is 40.1 Å². The lowest BCUT2D eigenvalue weighted by molar-refractivity contribution is -0.126. The van der Waals surface area contributed by atoms with Crippen molar-refractivity contribution in [3.8, 4) is 0 Å². The van der Waals surface area contributed by atoms with E-state index >= 15 is 0 Å². The molecule has 2 aromatic heterocycles. The summed E-state index contributed by atoms with van der Waals surface area (Å²) < 4.78 is 1.99. The maximum atomic E-state index is 13.1. The van der Waals surface area contributed by atoms with Gasteiger partial charge in [0, 0.05) is 25.7 Å². The molecule has 1 atom stereocenters. The van der Waals surface area contributed by atoms with Gasteiger partial charge in [0.15, 0.2) is 0 Å². The first-order valence-corrected chi connectivity index (χ1v) is 12.9. The van der Waals surface area contributed by atoms with Crippen LogP contribution in [-0.2, 0) is 4.79 Å². The van der Waals surface area contributed by atoms with Gasteiger partial charge in [-0.05, 0) is 63.4 Å². The minimum atomic E-state index is -0.330. The van der Waals surface area contributed by atoms with E-state index < -0.39 is 0 Å². The molecule has 9 nitrogen and oxygen atoms in total. The lowest BCUT2D eigenvalue weighted by atomic mass is 10.1. The summed E-state index contributed by atoms with van der Waals surface area (Å²) in [6.07, 6.45) is 11.8. The van der Waals surface area contributed by atoms with Gasteiger partial charge in [-0.3, -0.25) is 19.8 Å². The quantitative estimate of drug-likeness (QED) is 0.508. The Morgan fingerprint density at radius 3 is 2.72 bits per heavy atom. The smallest absolute Gasteiger partial charge is 0.259 e. The first kappa shape index (κ1) is 24.4. The Morgan fingerprint density at radius 2 is 1.92 bits per heavy atom. The molecule has 10 heteroatoms. The molecule has 4 heterocycles. The lowest BCUT2D eigenvalue weighted by Crippen LogP contribution is -2.35. The number of benzene rings is 1. The van der Waals surface area contributed by atoms with Gasteiger partial charge in [0.1, 0.15) is 0 Å². The molecule has 1 N–H and O–H groups in total. The van der Waals surface area contributed by atoms with E-state index in [0.717, 1.165) is 44.4 Å². The molecule has 0 unspecified atom stereocenters. The number of nitrogens with one attached hydrogen (secondary N) is 1. The van der Waals surface area contributed by atoms with Gasteiger partial charge >= 0.3 is 0 Å². The molecule has 0 radical (unpaired) electrons. The summed E-state index contributed by atoms with van der Waals surface area (Å²) in [5.41, 5.74) is 1.83. The molecular weight excluding hydrogens is 478 g/mol. The van der Waals surface area contributed by atoms with Gasteiger partial charge in [-0.1, -0.05) is 23.7 Å². The standard InChI is InChI=1S/C26H30ClN7O2/c27-21-8-5-9-22-24(21)34(26(30-22)31-25(36)19-11-12-28-29-17-19)20-7-1-2-16-33(18-20)23(35)10-6-15-32-13-3-4-14-32/h5-6,8-12,17,20H,1-4,7,13-16,18H2,(H,30,31,36)/t20-/m1/s1. The average Bonchev–Trinajstić information content (AvgIpc) is 3.46. The highest BCUT2D eigenvalue weighted by Crippen LogP contribution is 2.34. The zero-order valence-corrected chi connectivity index (χ0v) is 20.9. The Hall–Kier alpha value is -3.30. The minimum Gasteiger partial charge on any atom is -0.337 e. The van der Waals surface area contributed by atoms with Crippen molar-refractivity contribution in [2.45, 2.75) is 38.1 Å². The third-order valence-electron chi connectivity index (χ3n) is 6.88. The number of likely N-dealkylation sites (tertiary alicyclic amines) is 2. The highest BCUT2D eigenvalue weighted by molar-refractivity contribution is 6.35. The number of fused-ring (bicyclic) bond motifs is 1. The van der Waals surface area contributed by atoms with Crippen molar-refractivity contribution in [3.63, 3.8) is 0 Å². The minimum absolute atomic E-state index is 0.0186. The second-order valence-electron chi connectivity index (χ2n) is 9.34. The fraction of sp³-hybridized carbons (Fsp3) is 0.423. The molecule has 0 saturated carbocycles. The molecule has 188 valence electrons. The number of aromatic nitrogens is 4. The van der Waals surface area contributed by atoms with Gasteiger partial charge in [0.25, 0.3) is 5.91 Å². The Kier molecular flexibility index (Phi) is 7.58. The SMILES string of the molecule is O=C(Nc1nc2cccc(Cl)c2n1[C@@H]1CCCCN(C(=O)C=CCN2CCCC2)C1)c1ccnnc1. The molecule has 5 rings (SSSR count). The van der Waals surface area contributed by atoms with E-state index in [1.54, 1.807) is 12.1 Å². The fourth-order valence-corrected chi connectivity index (χ4v) is 5.31. The predicted octanol–water partition coefficient (Wildman–Crippen LogP) is 3.94. The van der Waals surface area contributed by atoms with Crippen molar-refractivity contribution in [3.05, 3.63) is 59.4 Å². The molecule has 0 spiro atoms. The molecule has 1 aromatic carbocycles. The number of anilines is 1. The molecule has 2 amide bonds. The number of para-hydroxylation sites is 1. The van der Waals surface area contributed by atoms with Crippen LogP contribution in [0.5, 0.6) is 0 Å². The summed E-state index contributed by atoms with van der Waals surface area (Å²) in [4.78, 5) is 35.0. The third kappa shape index (κ3) is 5.42. The fourth-order valence-electron chi connectivity index (χ4n) is 5.05. The van der Waals surface area contributed by atoms with Crippen LogP contribution in [-0.4, -0.2) is 74.1 Å². The number of carbonyl (C=O) groups excluding carboxylic acids is 2. The van der Waals surface area contributed by atoms with Crippen LogP contribution in [0.3, 0.4) is 0 Å². The van der Waals surface area contributed by atoms with Crippen LogP contribution in [0.15, 0.2) is 48.8 Å². The number of rotatable bonds is 6. The summed E-state index contributed by atoms with van der Waals surface area (Å²) in [5, 5.41) is 11.0. The van der Waals surface area contributed by atoms with E-state index in [4.69, 9.17) is 16.6 Å². The number of amides is 2. The van der Waals surface area contributed by atoms with Crippen LogP contribution < -0.4 is 5.32 Å². The summed E-state index contributed by atoms with van der Waals surface area (Å²) in [5.74, 6) is 0.0952. The number of imidazole rings is 1. The maximum absolute atomic E-state index is 13.1. The van der Waals surface area contributed by atoms with Crippen molar-refractivity contribution < 1.29 is 9.59 Å². The molecule has 36 heavy (non-hydrogen) atoms. The summed E-state index contributed by atoms with van der Waals surface area (Å²) in [6, 6.07) is 7.06. The monoisotopic (exact) mass is 507 g/mol. The van der Waals surface area contributed by atoms with Crippen LogP contribution >= 0.6 is 11.6 Å². The molecular formula is C26H30ClN7O2. The van der Waals surface area contributed by atoms with E-state index in [1.165, 1.54) is 25.2 Å². The number of halogens is 1. The van der Waals surface area contributed by atoms with Crippen molar-refractivity contribution >= 4 is 40.4 Å². The molecule has 0 bridgehead atoms. The average molecular weight is 508 g/mol. The summed E-state index contributed by atoms with van der Waals surface area (Å²) >= 11 is 6.63. The van der Waals surface area contributed by atoms with Gasteiger partial charge in [-0.15, -0.1) is 0 Å². The zero-order valence-electron chi connectivity index (χ0n) is 20.1. The van der Waals surface area contributed by atoms with Gasteiger partial charge in [-0.25, -0.2) is 4.98 Å². The lowest BCUT2D eigenvalue weighted by Gasteiger charge is -2.26. The molecule has 2 aliphatic rings. The van der Waals surface area contributed by atoms with E-state index in [1.807, 2.05) is 33.7 Å². The number of carbonyl (C=O) groups is 2. The predicted molar refractivity (Wildman–Crippen MR) is 139 cm³/mol. The third-order valence-corrected chi connectivity index (χ3v) is 7.18. The number of hydrogen-bond acceptors (Lipinski definition) is 6. The Morgan fingerprint density at radius 1 is 1.08 bits per heavy atom. The van der Waals surface area contributed by atoms with Gasteiger partial charge < -0.3 is 9.47 Å². The largest absolute Gasteiger partial charge is 0.337 e. The van der Waals surface area contributed by atoms with Crippen LogP contribution in [0.2, 0.25) is 5.02 Å². The van der Waals surface area contributed by atoms with Crippen molar-refractivity contribution in [1.82, 2.24) is 29.5 Å². The van der Waals surface area contributed by atoms with Crippen LogP contribution in [0, 0.1) is 0 Å². The van der Waals surface area contributed by atoms with Crippen molar-refractivity contribution in [1.29, 1.82) is 0 Å². The van der Waals surface area contributed by atoms with Gasteiger partial charge in [-0.2, -0.15) is 10.2 Å². The first-order valence-electron chi connectivity index (χ1n) is 12.5. The highest BCUT2D eigenvalue weighted by Gasteiger charge is 2.27. The number of hydrogen-bond donors (Lipinski definition) is 1. The molecule has 2 fully saturated rings. The topological polar surface area (TPSA) is 96.2 Å². The molecule has 2 saturated heterocycles. The first-order chi connectivity index (χ1) is 17.6. The van der Waals surface area contributed by atoms with Crippen molar-refractivity contribution in [2.75, 3.05) is 38.0 Å². The van der Waals surface area contributed by atoms with Crippen molar-refractivity contribution in [2.24, 2.45) is 0 Å². The van der Waals surface area contributed by atoms with E-state index in [2.05, 4.69) is 20.4 Å². The maximum Gasteiger partial charge on any atom is 0.259 e. The van der Waals surface area contributed by atoms with E-state index in [9.17, 15) is 9.59 Å². The van der Waals surface area contributed by atoms with E-state index in [-0.39, 0.29) is 17.9 Å². The van der Waals surface area contributed by atoms with Crippen LogP contribution in [0.4, 0.5) is 5.95 Å². The summed E-state index contributed by atoms with van der Waals surface area (Å²) in [7, 11) is 0. The summed E-state index contributed by atoms with van der Waals surface area (Å²) in [6.45, 7) is 4.23. The Bertz CT molecular complexity index is 1250. The Labute approximate surface area is 215 Å². The van der Waals surface area contributed by atoms with E-state index in [0.29, 0.717) is 35.1 Å². The van der Waals surface area contributed by atoms with Crippen LogP contribution in [0.1, 0.15) is 48.5 Å². The van der Waals surface area contributed by atoms with Crippen LogP contribution in [0.25, 0.3) is 11.0 Å².